The van der Waals surface area contributed by atoms with E-state index in [0.29, 0.717) is 46.8 Å². The average molecular weight is 529 g/mol. The first-order chi connectivity index (χ1) is 19.0. The maximum absolute atomic E-state index is 15.1. The highest BCUT2D eigenvalue weighted by Gasteiger charge is 2.22. The standard InChI is InChI=1S/C29H29FN6O3/c30-22-5-3-18(29(39)36-11-1-2-12-36)15-21(22)24-16-25(27-23(33-24)7-10-31-28(27)38)34-26-6-4-19(17-32-26)35-13-8-20(37)9-14-35/h3-7,10,15-17,20,37H,1-2,8-9,11-14H2,(H,31,38)(H,32,33,34). The maximum atomic E-state index is 15.1. The van der Waals surface area contributed by atoms with E-state index in [9.17, 15) is 14.7 Å². The molecule has 6 rings (SSSR count). The van der Waals surface area contributed by atoms with Gasteiger partial charge in [0.05, 0.1) is 40.3 Å². The number of anilines is 3. The van der Waals surface area contributed by atoms with Crippen molar-refractivity contribution in [3.05, 3.63) is 76.6 Å². The average Bonchev–Trinajstić information content (AvgIpc) is 3.49. The van der Waals surface area contributed by atoms with Gasteiger partial charge in [-0.15, -0.1) is 0 Å². The fourth-order valence-electron chi connectivity index (χ4n) is 5.30. The lowest BCUT2D eigenvalue weighted by Crippen LogP contribution is -2.35. The second-order valence-corrected chi connectivity index (χ2v) is 10.1. The van der Waals surface area contributed by atoms with E-state index in [-0.39, 0.29) is 23.1 Å². The number of hydrogen-bond donors (Lipinski definition) is 3. The Labute approximate surface area is 224 Å². The van der Waals surface area contributed by atoms with Gasteiger partial charge in [0.1, 0.15) is 11.6 Å². The van der Waals surface area contributed by atoms with Gasteiger partial charge in [-0.25, -0.2) is 14.4 Å². The van der Waals surface area contributed by atoms with E-state index >= 15 is 4.39 Å². The first-order valence-electron chi connectivity index (χ1n) is 13.2. The van der Waals surface area contributed by atoms with Crippen molar-refractivity contribution in [1.29, 1.82) is 0 Å². The number of rotatable bonds is 5. The van der Waals surface area contributed by atoms with Gasteiger partial charge in [-0.1, -0.05) is 0 Å². The first-order valence-corrected chi connectivity index (χ1v) is 13.2. The van der Waals surface area contributed by atoms with Crippen LogP contribution in [0.15, 0.2) is 59.7 Å². The summed E-state index contributed by atoms with van der Waals surface area (Å²) in [5.74, 6) is -0.127. The molecule has 2 saturated heterocycles. The molecule has 3 aromatic heterocycles. The zero-order valence-electron chi connectivity index (χ0n) is 21.4. The molecule has 10 heteroatoms. The van der Waals surface area contributed by atoms with Crippen molar-refractivity contribution in [2.75, 3.05) is 36.4 Å². The Morgan fingerprint density at radius 1 is 1.05 bits per heavy atom. The molecule has 0 saturated carbocycles. The van der Waals surface area contributed by atoms with Gasteiger partial charge < -0.3 is 25.2 Å². The van der Waals surface area contributed by atoms with Crippen molar-refractivity contribution in [3.63, 3.8) is 0 Å². The van der Waals surface area contributed by atoms with Crippen LogP contribution in [0.4, 0.5) is 21.6 Å². The number of aliphatic hydroxyl groups is 1. The quantitative estimate of drug-likeness (QED) is 0.358. The predicted octanol–water partition coefficient (Wildman–Crippen LogP) is 4.06. The molecule has 4 aromatic rings. The van der Waals surface area contributed by atoms with Gasteiger partial charge in [0.15, 0.2) is 0 Å². The van der Waals surface area contributed by atoms with Gasteiger partial charge in [-0.2, -0.15) is 0 Å². The number of carbonyl (C=O) groups is 1. The minimum absolute atomic E-state index is 0.128. The number of H-pyrrole nitrogens is 1. The molecule has 5 heterocycles. The van der Waals surface area contributed by atoms with Gasteiger partial charge in [-0.05, 0) is 68.1 Å². The Hall–Kier alpha value is -4.31. The van der Waals surface area contributed by atoms with E-state index in [2.05, 4.69) is 25.2 Å². The van der Waals surface area contributed by atoms with Crippen molar-refractivity contribution in [1.82, 2.24) is 19.9 Å². The molecule has 1 amide bonds. The highest BCUT2D eigenvalue weighted by atomic mass is 19.1. The SMILES string of the molecule is O=C(c1ccc(F)c(-c2cc(Nc3ccc(N4CCC(O)CC4)cn3)c3c(=O)[nH]ccc3n2)c1)N1CCCC1. The third kappa shape index (κ3) is 5.07. The fourth-order valence-corrected chi connectivity index (χ4v) is 5.30. The molecule has 0 spiro atoms. The van der Waals surface area contributed by atoms with E-state index in [1.165, 1.54) is 24.4 Å². The lowest BCUT2D eigenvalue weighted by Gasteiger charge is -2.31. The molecule has 200 valence electrons. The Morgan fingerprint density at radius 3 is 2.59 bits per heavy atom. The van der Waals surface area contributed by atoms with Crippen LogP contribution in [0, 0.1) is 5.82 Å². The molecular formula is C29H29FN6O3. The van der Waals surface area contributed by atoms with Crippen molar-refractivity contribution in [3.8, 4) is 11.3 Å². The molecule has 9 nitrogen and oxygen atoms in total. The third-order valence-corrected chi connectivity index (χ3v) is 7.45. The summed E-state index contributed by atoms with van der Waals surface area (Å²) in [6.07, 6.45) is 6.36. The molecule has 3 N–H and O–H groups in total. The molecule has 0 unspecified atom stereocenters. The highest BCUT2D eigenvalue weighted by molar-refractivity contribution is 5.97. The number of likely N-dealkylation sites (tertiary alicyclic amines) is 1. The van der Waals surface area contributed by atoms with Crippen molar-refractivity contribution in [2.24, 2.45) is 0 Å². The number of fused-ring (bicyclic) bond motifs is 1. The Balaban J connectivity index is 1.35. The zero-order chi connectivity index (χ0) is 26.9. The second-order valence-electron chi connectivity index (χ2n) is 10.1. The minimum atomic E-state index is -0.509. The highest BCUT2D eigenvalue weighted by Crippen LogP contribution is 2.31. The van der Waals surface area contributed by atoms with Crippen LogP contribution in [0.3, 0.4) is 0 Å². The van der Waals surface area contributed by atoms with E-state index in [4.69, 9.17) is 0 Å². The van der Waals surface area contributed by atoms with Gasteiger partial charge in [0.2, 0.25) is 0 Å². The molecule has 0 bridgehead atoms. The van der Waals surface area contributed by atoms with Gasteiger partial charge >= 0.3 is 0 Å². The van der Waals surface area contributed by atoms with E-state index < -0.39 is 5.82 Å². The molecule has 0 radical (unpaired) electrons. The number of aromatic nitrogens is 3. The normalized spacial score (nSPS) is 16.2. The number of benzene rings is 1. The van der Waals surface area contributed by atoms with Crippen LogP contribution in [0.1, 0.15) is 36.0 Å². The minimum Gasteiger partial charge on any atom is -0.393 e. The lowest BCUT2D eigenvalue weighted by atomic mass is 10.0. The molecule has 2 aliphatic rings. The summed E-state index contributed by atoms with van der Waals surface area (Å²) in [7, 11) is 0. The molecule has 0 aliphatic carbocycles. The Kier molecular flexibility index (Phi) is 6.70. The number of aliphatic hydroxyl groups excluding tert-OH is 1. The largest absolute Gasteiger partial charge is 0.393 e. The van der Waals surface area contributed by atoms with Crippen molar-refractivity contribution in [2.45, 2.75) is 31.8 Å². The third-order valence-electron chi connectivity index (χ3n) is 7.45. The first kappa shape index (κ1) is 25.0. The molecule has 2 aliphatic heterocycles. The molecular weight excluding hydrogens is 499 g/mol. The maximum Gasteiger partial charge on any atom is 0.259 e. The summed E-state index contributed by atoms with van der Waals surface area (Å²) in [5, 5.41) is 13.3. The van der Waals surface area contributed by atoms with Crippen LogP contribution in [0.25, 0.3) is 22.2 Å². The number of nitrogens with zero attached hydrogens (tertiary/aromatic N) is 4. The molecule has 2 fully saturated rings. The number of halogens is 1. The van der Waals surface area contributed by atoms with Crippen molar-refractivity contribution < 1.29 is 14.3 Å². The summed E-state index contributed by atoms with van der Waals surface area (Å²) in [4.78, 5) is 41.5. The van der Waals surface area contributed by atoms with E-state index in [1.54, 1.807) is 23.2 Å². The second kappa shape index (κ2) is 10.5. The topological polar surface area (TPSA) is 114 Å². The number of piperidine rings is 1. The van der Waals surface area contributed by atoms with Crippen LogP contribution in [0.2, 0.25) is 0 Å². The predicted molar refractivity (Wildman–Crippen MR) is 148 cm³/mol. The summed E-state index contributed by atoms with van der Waals surface area (Å²) in [6.45, 7) is 2.91. The number of pyridine rings is 3. The van der Waals surface area contributed by atoms with Crippen LogP contribution in [-0.2, 0) is 0 Å². The van der Waals surface area contributed by atoms with Gasteiger partial charge in [0.25, 0.3) is 11.5 Å². The zero-order valence-corrected chi connectivity index (χ0v) is 21.4. The molecule has 1 aromatic carbocycles. The van der Waals surface area contributed by atoms with Crippen LogP contribution in [-0.4, -0.2) is 63.1 Å². The number of aromatic amines is 1. The van der Waals surface area contributed by atoms with Crippen LogP contribution < -0.4 is 15.8 Å². The van der Waals surface area contributed by atoms with E-state index in [0.717, 1.165) is 44.5 Å². The lowest BCUT2D eigenvalue weighted by molar-refractivity contribution is 0.0793. The number of amides is 1. The summed E-state index contributed by atoms with van der Waals surface area (Å²) >= 11 is 0. The number of carbonyl (C=O) groups excluding carboxylic acids is 1. The summed E-state index contributed by atoms with van der Waals surface area (Å²) < 4.78 is 15.1. The Morgan fingerprint density at radius 2 is 1.85 bits per heavy atom. The van der Waals surface area contributed by atoms with Gasteiger partial charge in [0, 0.05) is 43.5 Å². The molecule has 39 heavy (non-hydrogen) atoms. The summed E-state index contributed by atoms with van der Waals surface area (Å²) in [6, 6.07) is 11.3. The summed E-state index contributed by atoms with van der Waals surface area (Å²) in [5.41, 5.74) is 2.31. The smallest absolute Gasteiger partial charge is 0.259 e. The number of hydrogen-bond acceptors (Lipinski definition) is 7. The van der Waals surface area contributed by atoms with Crippen molar-refractivity contribution >= 4 is 34.0 Å². The fraction of sp³-hybridized carbons (Fsp3) is 0.310. The number of nitrogens with one attached hydrogen (secondary N) is 2. The Bertz CT molecular complexity index is 1570. The van der Waals surface area contributed by atoms with Gasteiger partial charge in [-0.3, -0.25) is 9.59 Å². The van der Waals surface area contributed by atoms with Crippen LogP contribution >= 0.6 is 0 Å². The van der Waals surface area contributed by atoms with Crippen LogP contribution in [0.5, 0.6) is 0 Å². The molecule has 0 atom stereocenters. The van der Waals surface area contributed by atoms with E-state index in [1.807, 2.05) is 12.1 Å². The monoisotopic (exact) mass is 528 g/mol.